The zero-order valence-electron chi connectivity index (χ0n) is 10.5. The molecule has 0 radical (unpaired) electrons. The molecular formula is C14H21NO2. The molecule has 0 unspecified atom stereocenters. The third kappa shape index (κ3) is 3.37. The molecule has 1 aromatic rings. The summed E-state index contributed by atoms with van der Waals surface area (Å²) < 4.78 is 10.9. The summed E-state index contributed by atoms with van der Waals surface area (Å²) in [5.41, 5.74) is 2.58. The highest BCUT2D eigenvalue weighted by Crippen LogP contribution is 2.30. The van der Waals surface area contributed by atoms with Gasteiger partial charge in [0.2, 0.25) is 0 Å². The number of nitrogens with one attached hydrogen (secondary N) is 1. The summed E-state index contributed by atoms with van der Waals surface area (Å²) in [6.45, 7) is 2.67. The molecule has 0 aromatic heterocycles. The molecule has 94 valence electrons. The van der Waals surface area contributed by atoms with E-state index < -0.39 is 0 Å². The Labute approximate surface area is 103 Å². The molecule has 0 fully saturated rings. The van der Waals surface area contributed by atoms with Crippen LogP contribution in [-0.2, 0) is 11.2 Å². The molecule has 0 spiro atoms. The van der Waals surface area contributed by atoms with Crippen LogP contribution >= 0.6 is 0 Å². The molecule has 0 saturated carbocycles. The summed E-state index contributed by atoms with van der Waals surface area (Å²) in [4.78, 5) is 0. The first-order chi connectivity index (χ1) is 8.42. The van der Waals surface area contributed by atoms with Gasteiger partial charge in [-0.25, -0.2) is 0 Å². The van der Waals surface area contributed by atoms with Crippen molar-refractivity contribution >= 4 is 5.69 Å². The molecular weight excluding hydrogens is 214 g/mol. The van der Waals surface area contributed by atoms with E-state index >= 15 is 0 Å². The number of unbranched alkanes of at least 4 members (excludes halogenated alkanes) is 1. The van der Waals surface area contributed by atoms with Crippen molar-refractivity contribution in [1.82, 2.24) is 0 Å². The molecule has 2 rings (SSSR count). The Morgan fingerprint density at radius 3 is 3.00 bits per heavy atom. The van der Waals surface area contributed by atoms with E-state index in [1.165, 1.54) is 17.7 Å². The lowest BCUT2D eigenvalue weighted by molar-refractivity contribution is 0.184. The maximum absolute atomic E-state index is 5.86. The van der Waals surface area contributed by atoms with Crippen molar-refractivity contribution in [3.63, 3.8) is 0 Å². The van der Waals surface area contributed by atoms with Crippen molar-refractivity contribution < 1.29 is 9.47 Å². The number of ether oxygens (including phenoxy) is 2. The minimum atomic E-state index is 0.778. The number of anilines is 1. The molecule has 1 aliphatic heterocycles. The third-order valence-corrected chi connectivity index (χ3v) is 3.05. The van der Waals surface area contributed by atoms with Gasteiger partial charge in [-0.1, -0.05) is 6.07 Å². The zero-order chi connectivity index (χ0) is 11.9. The molecule has 1 N–H and O–H groups in total. The van der Waals surface area contributed by atoms with Gasteiger partial charge in [-0.15, -0.1) is 0 Å². The molecule has 0 amide bonds. The predicted molar refractivity (Wildman–Crippen MR) is 69.9 cm³/mol. The summed E-state index contributed by atoms with van der Waals surface area (Å²) in [5.74, 6) is 1.05. The molecule has 0 saturated heterocycles. The Morgan fingerprint density at radius 2 is 2.12 bits per heavy atom. The first kappa shape index (κ1) is 12.2. The average molecular weight is 235 g/mol. The number of hydrogen-bond acceptors (Lipinski definition) is 3. The van der Waals surface area contributed by atoms with Crippen LogP contribution in [0.3, 0.4) is 0 Å². The van der Waals surface area contributed by atoms with E-state index in [-0.39, 0.29) is 0 Å². The van der Waals surface area contributed by atoms with Crippen molar-refractivity contribution in [2.75, 3.05) is 32.2 Å². The van der Waals surface area contributed by atoms with Gasteiger partial charge in [0.05, 0.1) is 6.61 Å². The van der Waals surface area contributed by atoms with Crippen molar-refractivity contribution in [1.29, 1.82) is 0 Å². The first-order valence-corrected chi connectivity index (χ1v) is 6.39. The van der Waals surface area contributed by atoms with Gasteiger partial charge in [0.1, 0.15) is 5.75 Å². The number of hydrogen-bond donors (Lipinski definition) is 1. The normalized spacial score (nSPS) is 13.9. The van der Waals surface area contributed by atoms with Crippen LogP contribution in [0.2, 0.25) is 0 Å². The van der Waals surface area contributed by atoms with Gasteiger partial charge in [0.25, 0.3) is 0 Å². The highest BCUT2D eigenvalue weighted by atomic mass is 16.5. The topological polar surface area (TPSA) is 30.5 Å². The monoisotopic (exact) mass is 235 g/mol. The summed E-state index contributed by atoms with van der Waals surface area (Å²) >= 11 is 0. The Morgan fingerprint density at radius 1 is 1.24 bits per heavy atom. The Kier molecular flexibility index (Phi) is 4.68. The zero-order valence-corrected chi connectivity index (χ0v) is 10.5. The maximum atomic E-state index is 5.86. The summed E-state index contributed by atoms with van der Waals surface area (Å²) in [6, 6.07) is 6.26. The minimum Gasteiger partial charge on any atom is -0.493 e. The second kappa shape index (κ2) is 6.50. The fraction of sp³-hybridized carbons (Fsp3) is 0.571. The molecule has 0 aliphatic carbocycles. The van der Waals surface area contributed by atoms with Gasteiger partial charge in [-0.05, 0) is 37.8 Å². The second-order valence-electron chi connectivity index (χ2n) is 4.36. The number of methoxy groups -OCH3 is 1. The van der Waals surface area contributed by atoms with E-state index in [1.807, 2.05) is 0 Å². The van der Waals surface area contributed by atoms with Crippen LogP contribution in [0.4, 0.5) is 5.69 Å². The van der Waals surface area contributed by atoms with Crippen LogP contribution in [0.15, 0.2) is 18.2 Å². The van der Waals surface area contributed by atoms with E-state index in [0.29, 0.717) is 0 Å². The summed E-state index contributed by atoms with van der Waals surface area (Å²) in [5, 5.41) is 3.41. The average Bonchev–Trinajstić information content (AvgIpc) is 2.39. The van der Waals surface area contributed by atoms with Crippen LogP contribution < -0.4 is 10.1 Å². The van der Waals surface area contributed by atoms with Crippen LogP contribution in [0.1, 0.15) is 24.8 Å². The third-order valence-electron chi connectivity index (χ3n) is 3.05. The highest BCUT2D eigenvalue weighted by Gasteiger charge is 2.12. The highest BCUT2D eigenvalue weighted by molar-refractivity contribution is 5.58. The molecule has 1 aromatic carbocycles. The molecule has 1 heterocycles. The van der Waals surface area contributed by atoms with Gasteiger partial charge < -0.3 is 14.8 Å². The van der Waals surface area contributed by atoms with Gasteiger partial charge in [-0.2, -0.15) is 0 Å². The van der Waals surface area contributed by atoms with Crippen molar-refractivity contribution in [2.24, 2.45) is 0 Å². The first-order valence-electron chi connectivity index (χ1n) is 6.39. The van der Waals surface area contributed by atoms with Crippen molar-refractivity contribution in [3.8, 4) is 5.75 Å². The molecule has 0 bridgehead atoms. The Balaban J connectivity index is 1.87. The fourth-order valence-corrected chi connectivity index (χ4v) is 2.14. The van der Waals surface area contributed by atoms with Crippen LogP contribution in [-0.4, -0.2) is 26.9 Å². The fourth-order valence-electron chi connectivity index (χ4n) is 2.14. The van der Waals surface area contributed by atoms with E-state index in [2.05, 4.69) is 23.5 Å². The van der Waals surface area contributed by atoms with Gasteiger partial charge in [-0.3, -0.25) is 0 Å². The molecule has 3 nitrogen and oxygen atoms in total. The van der Waals surface area contributed by atoms with Gasteiger partial charge in [0.15, 0.2) is 0 Å². The number of fused-ring (bicyclic) bond motifs is 1. The summed E-state index contributed by atoms with van der Waals surface area (Å²) in [7, 11) is 1.74. The lowest BCUT2D eigenvalue weighted by Crippen LogP contribution is -2.13. The maximum Gasteiger partial charge on any atom is 0.124 e. The second-order valence-corrected chi connectivity index (χ2v) is 4.36. The van der Waals surface area contributed by atoms with Crippen LogP contribution in [0, 0.1) is 0 Å². The molecule has 1 aliphatic rings. The SMILES string of the molecule is COCCCCOc1cccc2c1CCCN2. The Bertz CT molecular complexity index is 352. The number of rotatable bonds is 6. The molecule has 17 heavy (non-hydrogen) atoms. The Hall–Kier alpha value is -1.22. The minimum absolute atomic E-state index is 0.778. The van der Waals surface area contributed by atoms with Crippen molar-refractivity contribution in [2.45, 2.75) is 25.7 Å². The van der Waals surface area contributed by atoms with Gasteiger partial charge in [0, 0.05) is 31.5 Å². The lowest BCUT2D eigenvalue weighted by Gasteiger charge is -2.20. The molecule has 3 heteroatoms. The quantitative estimate of drug-likeness (QED) is 0.769. The lowest BCUT2D eigenvalue weighted by atomic mass is 10.0. The predicted octanol–water partition coefficient (Wildman–Crippen LogP) is 2.85. The van der Waals surface area contributed by atoms with Crippen LogP contribution in [0.5, 0.6) is 5.75 Å². The standard InChI is InChI=1S/C14H21NO2/c1-16-10-2-3-11-17-14-8-4-7-13-12(14)6-5-9-15-13/h4,7-8,15H,2-3,5-6,9-11H2,1H3. The van der Waals surface area contributed by atoms with E-state index in [9.17, 15) is 0 Å². The van der Waals surface area contributed by atoms with E-state index in [4.69, 9.17) is 9.47 Å². The largest absolute Gasteiger partial charge is 0.493 e. The van der Waals surface area contributed by atoms with E-state index in [0.717, 1.165) is 44.8 Å². The summed E-state index contributed by atoms with van der Waals surface area (Å²) in [6.07, 6.45) is 4.42. The van der Waals surface area contributed by atoms with Crippen LogP contribution in [0.25, 0.3) is 0 Å². The number of benzene rings is 1. The smallest absolute Gasteiger partial charge is 0.124 e. The van der Waals surface area contributed by atoms with Crippen molar-refractivity contribution in [3.05, 3.63) is 23.8 Å². The van der Waals surface area contributed by atoms with Gasteiger partial charge >= 0.3 is 0 Å². The molecule has 0 atom stereocenters. The van der Waals surface area contributed by atoms with E-state index in [1.54, 1.807) is 7.11 Å².